The Labute approximate surface area is 165 Å². The molecule has 0 atom stereocenters. The second-order valence-corrected chi connectivity index (χ2v) is 6.42. The molecule has 0 aliphatic carbocycles. The van der Waals surface area contributed by atoms with E-state index >= 15 is 0 Å². The highest BCUT2D eigenvalue weighted by molar-refractivity contribution is 5.92. The summed E-state index contributed by atoms with van der Waals surface area (Å²) in [5.74, 6) is 1.63. The molecule has 0 saturated carbocycles. The molecule has 1 aliphatic rings. The zero-order valence-electron chi connectivity index (χ0n) is 16.5. The SMILES string of the molecule is COc1cc(/C=C/C(=O)N2CC=C(c3ccccc3)CC2)cc(OC)c1OC. The van der Waals surface area contributed by atoms with Gasteiger partial charge in [0.15, 0.2) is 11.5 Å². The van der Waals surface area contributed by atoms with Gasteiger partial charge in [0.05, 0.1) is 21.3 Å². The van der Waals surface area contributed by atoms with E-state index < -0.39 is 0 Å². The minimum absolute atomic E-state index is 0.0166. The number of hydrogen-bond donors (Lipinski definition) is 0. The number of methoxy groups -OCH3 is 3. The highest BCUT2D eigenvalue weighted by atomic mass is 16.5. The van der Waals surface area contributed by atoms with Gasteiger partial charge in [-0.3, -0.25) is 4.79 Å². The Balaban J connectivity index is 1.70. The third kappa shape index (κ3) is 4.36. The maximum atomic E-state index is 12.6. The molecule has 0 bridgehead atoms. The molecule has 0 N–H and O–H groups in total. The molecule has 3 rings (SSSR count). The Morgan fingerprint density at radius 1 is 1.00 bits per heavy atom. The second kappa shape index (κ2) is 9.13. The van der Waals surface area contributed by atoms with Crippen LogP contribution < -0.4 is 14.2 Å². The summed E-state index contributed by atoms with van der Waals surface area (Å²) >= 11 is 0. The Kier molecular flexibility index (Phi) is 6.37. The quantitative estimate of drug-likeness (QED) is 0.711. The first-order chi connectivity index (χ1) is 13.7. The van der Waals surface area contributed by atoms with Crippen LogP contribution in [0.25, 0.3) is 11.6 Å². The number of hydrogen-bond acceptors (Lipinski definition) is 4. The molecule has 1 heterocycles. The lowest BCUT2D eigenvalue weighted by Gasteiger charge is -2.25. The summed E-state index contributed by atoms with van der Waals surface area (Å²) in [7, 11) is 4.70. The van der Waals surface area contributed by atoms with Crippen LogP contribution in [0.2, 0.25) is 0 Å². The molecular formula is C23H25NO4. The third-order valence-corrected chi connectivity index (χ3v) is 4.77. The van der Waals surface area contributed by atoms with Gasteiger partial charge in [-0.1, -0.05) is 36.4 Å². The predicted octanol–water partition coefficient (Wildman–Crippen LogP) is 4.04. The van der Waals surface area contributed by atoms with E-state index in [0.717, 1.165) is 12.0 Å². The molecule has 1 aliphatic heterocycles. The van der Waals surface area contributed by atoms with Crippen molar-refractivity contribution < 1.29 is 19.0 Å². The van der Waals surface area contributed by atoms with E-state index in [0.29, 0.717) is 30.3 Å². The Morgan fingerprint density at radius 3 is 2.21 bits per heavy atom. The van der Waals surface area contributed by atoms with Gasteiger partial charge in [0.25, 0.3) is 0 Å². The molecule has 0 radical (unpaired) electrons. The van der Waals surface area contributed by atoms with Crippen LogP contribution in [0.3, 0.4) is 0 Å². The van der Waals surface area contributed by atoms with E-state index in [2.05, 4.69) is 18.2 Å². The van der Waals surface area contributed by atoms with Crippen LogP contribution in [-0.4, -0.2) is 45.2 Å². The molecule has 0 fully saturated rings. The highest BCUT2D eigenvalue weighted by Gasteiger charge is 2.16. The van der Waals surface area contributed by atoms with Gasteiger partial charge >= 0.3 is 0 Å². The van der Waals surface area contributed by atoms with Crippen molar-refractivity contribution in [1.82, 2.24) is 4.90 Å². The predicted molar refractivity (Wildman–Crippen MR) is 111 cm³/mol. The zero-order valence-corrected chi connectivity index (χ0v) is 16.5. The lowest BCUT2D eigenvalue weighted by atomic mass is 9.99. The monoisotopic (exact) mass is 379 g/mol. The number of ether oxygens (including phenoxy) is 3. The van der Waals surface area contributed by atoms with Crippen molar-refractivity contribution in [3.05, 3.63) is 65.7 Å². The van der Waals surface area contributed by atoms with Gasteiger partial charge in [-0.25, -0.2) is 0 Å². The summed E-state index contributed by atoms with van der Waals surface area (Å²) in [5, 5.41) is 0. The van der Waals surface area contributed by atoms with Crippen molar-refractivity contribution in [3.63, 3.8) is 0 Å². The van der Waals surface area contributed by atoms with Gasteiger partial charge in [0.1, 0.15) is 0 Å². The molecule has 2 aromatic rings. The minimum Gasteiger partial charge on any atom is -0.493 e. The molecule has 1 amide bonds. The number of carbonyl (C=O) groups is 1. The van der Waals surface area contributed by atoms with Crippen molar-refractivity contribution in [2.75, 3.05) is 34.4 Å². The number of carbonyl (C=O) groups excluding carboxylic acids is 1. The van der Waals surface area contributed by atoms with Crippen LogP contribution in [0.1, 0.15) is 17.5 Å². The topological polar surface area (TPSA) is 48.0 Å². The minimum atomic E-state index is -0.0166. The van der Waals surface area contributed by atoms with Crippen molar-refractivity contribution in [1.29, 1.82) is 0 Å². The molecule has 2 aromatic carbocycles. The summed E-state index contributed by atoms with van der Waals surface area (Å²) in [5.41, 5.74) is 3.32. The summed E-state index contributed by atoms with van der Waals surface area (Å²) in [6.45, 7) is 1.32. The number of rotatable bonds is 6. The second-order valence-electron chi connectivity index (χ2n) is 6.42. The van der Waals surface area contributed by atoms with Gasteiger partial charge < -0.3 is 19.1 Å². The average Bonchev–Trinajstić information content (AvgIpc) is 2.77. The molecule has 0 saturated heterocycles. The molecular weight excluding hydrogens is 354 g/mol. The van der Waals surface area contributed by atoms with Crippen molar-refractivity contribution in [2.45, 2.75) is 6.42 Å². The number of amides is 1. The van der Waals surface area contributed by atoms with Gasteiger partial charge in [0.2, 0.25) is 11.7 Å². The van der Waals surface area contributed by atoms with E-state index in [9.17, 15) is 4.79 Å². The summed E-state index contributed by atoms with van der Waals surface area (Å²) in [4.78, 5) is 14.4. The molecule has 0 unspecified atom stereocenters. The van der Waals surface area contributed by atoms with Crippen molar-refractivity contribution in [2.24, 2.45) is 0 Å². The van der Waals surface area contributed by atoms with Gasteiger partial charge in [-0.15, -0.1) is 0 Å². The van der Waals surface area contributed by atoms with E-state index in [1.807, 2.05) is 35.2 Å². The lowest BCUT2D eigenvalue weighted by molar-refractivity contribution is -0.125. The number of nitrogens with zero attached hydrogens (tertiary/aromatic N) is 1. The first kappa shape index (κ1) is 19.5. The molecule has 28 heavy (non-hydrogen) atoms. The summed E-state index contributed by atoms with van der Waals surface area (Å²) in [6.07, 6.45) is 6.34. The van der Waals surface area contributed by atoms with Crippen LogP contribution in [0.4, 0.5) is 0 Å². The molecule has 0 aromatic heterocycles. The van der Waals surface area contributed by atoms with Crippen molar-refractivity contribution in [3.8, 4) is 17.2 Å². The van der Waals surface area contributed by atoms with Crippen LogP contribution in [-0.2, 0) is 4.79 Å². The van der Waals surface area contributed by atoms with Gasteiger partial charge in [0, 0.05) is 19.2 Å². The highest BCUT2D eigenvalue weighted by Crippen LogP contribution is 2.38. The maximum Gasteiger partial charge on any atom is 0.246 e. The summed E-state index contributed by atoms with van der Waals surface area (Å²) in [6, 6.07) is 13.9. The van der Waals surface area contributed by atoms with E-state index in [1.165, 1.54) is 11.1 Å². The first-order valence-corrected chi connectivity index (χ1v) is 9.17. The lowest BCUT2D eigenvalue weighted by Crippen LogP contribution is -2.33. The van der Waals surface area contributed by atoms with E-state index in [4.69, 9.17) is 14.2 Å². The Morgan fingerprint density at radius 2 is 1.68 bits per heavy atom. The fourth-order valence-electron chi connectivity index (χ4n) is 3.25. The van der Waals surface area contributed by atoms with E-state index in [-0.39, 0.29) is 5.91 Å². The first-order valence-electron chi connectivity index (χ1n) is 9.17. The van der Waals surface area contributed by atoms with Gasteiger partial charge in [-0.2, -0.15) is 0 Å². The van der Waals surface area contributed by atoms with Crippen LogP contribution in [0, 0.1) is 0 Å². The Hall–Kier alpha value is -3.21. The fraction of sp³-hybridized carbons (Fsp3) is 0.261. The maximum absolute atomic E-state index is 12.6. The van der Waals surface area contributed by atoms with Gasteiger partial charge in [-0.05, 0) is 41.3 Å². The average molecular weight is 379 g/mol. The third-order valence-electron chi connectivity index (χ3n) is 4.77. The standard InChI is InChI=1S/C23H25NO4/c1-26-20-15-17(16-21(27-2)23(20)28-3)9-10-22(25)24-13-11-19(12-14-24)18-7-5-4-6-8-18/h4-11,15-16H,12-14H2,1-3H3/b10-9+. The summed E-state index contributed by atoms with van der Waals surface area (Å²) < 4.78 is 16.0. The Bertz CT molecular complexity index is 862. The largest absolute Gasteiger partial charge is 0.493 e. The molecule has 5 nitrogen and oxygen atoms in total. The number of benzene rings is 2. The van der Waals surface area contributed by atoms with Crippen LogP contribution in [0.5, 0.6) is 17.2 Å². The molecule has 146 valence electrons. The van der Waals surface area contributed by atoms with E-state index in [1.54, 1.807) is 33.5 Å². The smallest absolute Gasteiger partial charge is 0.246 e. The molecule has 5 heteroatoms. The molecule has 0 spiro atoms. The van der Waals surface area contributed by atoms with Crippen molar-refractivity contribution >= 4 is 17.6 Å². The fourth-order valence-corrected chi connectivity index (χ4v) is 3.25. The van der Waals surface area contributed by atoms with Crippen LogP contribution in [0.15, 0.2) is 54.6 Å². The van der Waals surface area contributed by atoms with Crippen LogP contribution >= 0.6 is 0 Å². The zero-order chi connectivity index (χ0) is 19.9. The normalized spacial score (nSPS) is 14.0.